The number of benzene rings is 2. The standard InChI is InChI=1S/C17H14BrN3O/c1-21-15-5-3-2-4-13(15)10-16(21)17(22)20-19-11-12-6-8-14(18)9-7-12/h2-11H,1H3,(H,20,22)/b19-11+. The highest BCUT2D eigenvalue weighted by Gasteiger charge is 2.11. The number of amides is 1. The summed E-state index contributed by atoms with van der Waals surface area (Å²) in [5.74, 6) is -0.230. The summed E-state index contributed by atoms with van der Waals surface area (Å²) in [6.45, 7) is 0. The molecule has 0 spiro atoms. The Hall–Kier alpha value is -2.40. The number of nitrogens with one attached hydrogen (secondary N) is 1. The number of carbonyl (C=O) groups is 1. The van der Waals surface area contributed by atoms with Crippen LogP contribution in [0.15, 0.2) is 64.2 Å². The molecule has 4 nitrogen and oxygen atoms in total. The van der Waals surface area contributed by atoms with Crippen LogP contribution in [0.4, 0.5) is 0 Å². The minimum absolute atomic E-state index is 0.230. The van der Waals surface area contributed by atoms with Crippen molar-refractivity contribution in [3.8, 4) is 0 Å². The van der Waals surface area contributed by atoms with E-state index in [-0.39, 0.29) is 5.91 Å². The van der Waals surface area contributed by atoms with Gasteiger partial charge in [0.15, 0.2) is 0 Å². The van der Waals surface area contributed by atoms with E-state index in [0.29, 0.717) is 5.69 Å². The summed E-state index contributed by atoms with van der Waals surface area (Å²) >= 11 is 3.38. The molecule has 3 aromatic rings. The number of aryl methyl sites for hydroxylation is 1. The Labute approximate surface area is 136 Å². The molecule has 0 atom stereocenters. The minimum Gasteiger partial charge on any atom is -0.340 e. The summed E-state index contributed by atoms with van der Waals surface area (Å²) < 4.78 is 2.86. The lowest BCUT2D eigenvalue weighted by molar-refractivity contribution is 0.0947. The number of para-hydroxylation sites is 1. The van der Waals surface area contributed by atoms with Gasteiger partial charge in [0.05, 0.1) is 6.21 Å². The summed E-state index contributed by atoms with van der Waals surface area (Å²) in [4.78, 5) is 12.2. The zero-order chi connectivity index (χ0) is 15.5. The number of hydrazone groups is 1. The SMILES string of the molecule is Cn1c(C(=O)N/N=C/c2ccc(Br)cc2)cc2ccccc21. The highest BCUT2D eigenvalue weighted by atomic mass is 79.9. The van der Waals surface area contributed by atoms with E-state index in [4.69, 9.17) is 0 Å². The van der Waals surface area contributed by atoms with Crippen LogP contribution in [0.25, 0.3) is 10.9 Å². The molecule has 0 bridgehead atoms. The van der Waals surface area contributed by atoms with Crippen molar-refractivity contribution < 1.29 is 4.79 Å². The van der Waals surface area contributed by atoms with E-state index in [1.807, 2.05) is 66.2 Å². The number of rotatable bonds is 3. The van der Waals surface area contributed by atoms with Gasteiger partial charge in [0, 0.05) is 22.4 Å². The van der Waals surface area contributed by atoms with Gasteiger partial charge < -0.3 is 4.57 Å². The summed E-state index contributed by atoms with van der Waals surface area (Å²) in [6.07, 6.45) is 1.62. The van der Waals surface area contributed by atoms with E-state index in [1.165, 1.54) is 0 Å². The Morgan fingerprint density at radius 3 is 2.64 bits per heavy atom. The van der Waals surface area contributed by atoms with Crippen molar-refractivity contribution in [2.45, 2.75) is 0 Å². The van der Waals surface area contributed by atoms with Gasteiger partial charge in [-0.15, -0.1) is 0 Å². The first-order chi connectivity index (χ1) is 10.6. The Balaban J connectivity index is 1.76. The molecule has 0 aliphatic rings. The van der Waals surface area contributed by atoms with Crippen LogP contribution < -0.4 is 5.43 Å². The summed E-state index contributed by atoms with van der Waals surface area (Å²) in [6, 6.07) is 17.4. The van der Waals surface area contributed by atoms with Crippen molar-refractivity contribution in [3.63, 3.8) is 0 Å². The van der Waals surface area contributed by atoms with Crippen LogP contribution in [0.5, 0.6) is 0 Å². The first kappa shape index (κ1) is 14.5. The smallest absolute Gasteiger partial charge is 0.287 e. The molecule has 1 aromatic heterocycles. The molecule has 0 fully saturated rings. The average molecular weight is 356 g/mol. The number of fused-ring (bicyclic) bond motifs is 1. The van der Waals surface area contributed by atoms with Crippen LogP contribution in [0.3, 0.4) is 0 Å². The largest absolute Gasteiger partial charge is 0.340 e. The van der Waals surface area contributed by atoms with E-state index >= 15 is 0 Å². The molecule has 0 aliphatic heterocycles. The maximum Gasteiger partial charge on any atom is 0.287 e. The first-order valence-corrected chi connectivity index (χ1v) is 7.58. The summed E-state index contributed by atoms with van der Waals surface area (Å²) in [5.41, 5.74) is 5.07. The Bertz CT molecular complexity index is 850. The lowest BCUT2D eigenvalue weighted by atomic mass is 10.2. The summed E-state index contributed by atoms with van der Waals surface area (Å²) in [7, 11) is 1.87. The van der Waals surface area contributed by atoms with E-state index in [9.17, 15) is 4.79 Å². The van der Waals surface area contributed by atoms with Crippen LogP contribution in [-0.4, -0.2) is 16.7 Å². The molecule has 0 radical (unpaired) electrons. The number of hydrogen-bond acceptors (Lipinski definition) is 2. The van der Waals surface area contributed by atoms with Gasteiger partial charge >= 0.3 is 0 Å². The lowest BCUT2D eigenvalue weighted by Crippen LogP contribution is -2.20. The molecule has 22 heavy (non-hydrogen) atoms. The van der Waals surface area contributed by atoms with Gasteiger partial charge in [-0.1, -0.05) is 46.3 Å². The van der Waals surface area contributed by atoms with Gasteiger partial charge in [-0.2, -0.15) is 5.10 Å². The second-order valence-electron chi connectivity index (χ2n) is 4.90. The van der Waals surface area contributed by atoms with Crippen LogP contribution in [0.1, 0.15) is 16.1 Å². The molecule has 0 unspecified atom stereocenters. The number of nitrogens with zero attached hydrogens (tertiary/aromatic N) is 2. The summed E-state index contributed by atoms with van der Waals surface area (Å²) in [5, 5.41) is 5.04. The van der Waals surface area contributed by atoms with E-state index in [0.717, 1.165) is 20.9 Å². The molecule has 1 amide bonds. The van der Waals surface area contributed by atoms with Gasteiger partial charge in [0.2, 0.25) is 0 Å². The van der Waals surface area contributed by atoms with Crippen LogP contribution >= 0.6 is 15.9 Å². The van der Waals surface area contributed by atoms with Gasteiger partial charge in [-0.25, -0.2) is 5.43 Å². The Morgan fingerprint density at radius 2 is 1.91 bits per heavy atom. The molecule has 2 aromatic carbocycles. The number of hydrogen-bond donors (Lipinski definition) is 1. The first-order valence-electron chi connectivity index (χ1n) is 6.78. The molecular weight excluding hydrogens is 342 g/mol. The molecule has 1 heterocycles. The van der Waals surface area contributed by atoms with Gasteiger partial charge in [-0.3, -0.25) is 4.79 Å². The van der Waals surface area contributed by atoms with Crippen molar-refractivity contribution in [2.24, 2.45) is 12.1 Å². The molecular formula is C17H14BrN3O. The third-order valence-corrected chi connectivity index (χ3v) is 3.96. The lowest BCUT2D eigenvalue weighted by Gasteiger charge is -2.02. The van der Waals surface area contributed by atoms with Crippen molar-refractivity contribution in [1.29, 1.82) is 0 Å². The molecule has 5 heteroatoms. The fourth-order valence-electron chi connectivity index (χ4n) is 2.28. The maximum absolute atomic E-state index is 12.2. The normalized spacial score (nSPS) is 11.2. The fraction of sp³-hybridized carbons (Fsp3) is 0.0588. The predicted octanol–water partition coefficient (Wildman–Crippen LogP) is 3.70. The second-order valence-corrected chi connectivity index (χ2v) is 5.81. The van der Waals surface area contributed by atoms with Crippen LogP contribution in [0.2, 0.25) is 0 Å². The third-order valence-electron chi connectivity index (χ3n) is 3.43. The molecule has 1 N–H and O–H groups in total. The number of carbonyl (C=O) groups excluding carboxylic acids is 1. The Kier molecular flexibility index (Phi) is 4.06. The second kappa shape index (κ2) is 6.15. The quantitative estimate of drug-likeness (QED) is 0.565. The number of halogens is 1. The fourth-order valence-corrected chi connectivity index (χ4v) is 2.54. The van der Waals surface area contributed by atoms with Crippen molar-refractivity contribution in [2.75, 3.05) is 0 Å². The molecule has 110 valence electrons. The molecule has 0 saturated carbocycles. The van der Waals surface area contributed by atoms with Gasteiger partial charge in [0.25, 0.3) is 5.91 Å². The van der Waals surface area contributed by atoms with E-state index in [1.54, 1.807) is 6.21 Å². The van der Waals surface area contributed by atoms with Crippen molar-refractivity contribution in [3.05, 3.63) is 70.3 Å². The molecule has 3 rings (SSSR count). The minimum atomic E-state index is -0.230. The maximum atomic E-state index is 12.2. The molecule has 0 aliphatic carbocycles. The highest BCUT2D eigenvalue weighted by Crippen LogP contribution is 2.18. The van der Waals surface area contributed by atoms with Gasteiger partial charge in [0.1, 0.15) is 5.69 Å². The highest BCUT2D eigenvalue weighted by molar-refractivity contribution is 9.10. The van der Waals surface area contributed by atoms with E-state index in [2.05, 4.69) is 26.5 Å². The molecule has 0 saturated heterocycles. The zero-order valence-electron chi connectivity index (χ0n) is 12.0. The predicted molar refractivity (Wildman–Crippen MR) is 92.1 cm³/mol. The topological polar surface area (TPSA) is 46.4 Å². The monoisotopic (exact) mass is 355 g/mol. The third kappa shape index (κ3) is 2.94. The number of aromatic nitrogens is 1. The van der Waals surface area contributed by atoms with Crippen LogP contribution in [-0.2, 0) is 7.05 Å². The van der Waals surface area contributed by atoms with Crippen molar-refractivity contribution in [1.82, 2.24) is 9.99 Å². The zero-order valence-corrected chi connectivity index (χ0v) is 13.5. The van der Waals surface area contributed by atoms with Gasteiger partial charge in [-0.05, 0) is 29.8 Å². The van der Waals surface area contributed by atoms with Crippen LogP contribution in [0, 0.1) is 0 Å². The Morgan fingerprint density at radius 1 is 1.18 bits per heavy atom. The van der Waals surface area contributed by atoms with Crippen molar-refractivity contribution >= 4 is 39.0 Å². The average Bonchev–Trinajstić information content (AvgIpc) is 2.87. The van der Waals surface area contributed by atoms with E-state index < -0.39 is 0 Å².